The van der Waals surface area contributed by atoms with Crippen molar-refractivity contribution in [3.05, 3.63) is 83.6 Å². The van der Waals surface area contributed by atoms with Crippen molar-refractivity contribution < 1.29 is 0 Å². The molecule has 0 spiro atoms. The van der Waals surface area contributed by atoms with Gasteiger partial charge in [-0.25, -0.2) is 4.98 Å². The highest BCUT2D eigenvalue weighted by Crippen LogP contribution is 2.24. The molecule has 1 aromatic carbocycles. The first kappa shape index (κ1) is 16.8. The number of aromatic nitrogens is 6. The van der Waals surface area contributed by atoms with Gasteiger partial charge in [-0.3, -0.25) is 13.8 Å². The molecule has 0 aliphatic carbocycles. The lowest BCUT2D eigenvalue weighted by Gasteiger charge is -2.09. The summed E-state index contributed by atoms with van der Waals surface area (Å²) in [6.07, 6.45) is 5.68. The van der Waals surface area contributed by atoms with E-state index >= 15 is 0 Å². The number of benzene rings is 1. The minimum Gasteiger partial charge on any atom is -0.307 e. The molecule has 5 rings (SSSR count). The summed E-state index contributed by atoms with van der Waals surface area (Å²) in [5.41, 5.74) is 2.57. The van der Waals surface area contributed by atoms with Crippen molar-refractivity contribution in [2.45, 2.75) is 17.5 Å². The minimum atomic E-state index is -0.0905. The van der Waals surface area contributed by atoms with Crippen molar-refractivity contribution in [2.75, 3.05) is 0 Å². The monoisotopic (exact) mass is 388 g/mol. The second-order valence-electron chi connectivity index (χ2n) is 6.33. The van der Waals surface area contributed by atoms with Crippen LogP contribution in [0.15, 0.2) is 77.5 Å². The van der Waals surface area contributed by atoms with E-state index in [9.17, 15) is 4.79 Å². The number of para-hydroxylation sites is 1. The molecule has 0 saturated heterocycles. The van der Waals surface area contributed by atoms with Crippen molar-refractivity contribution in [3.8, 4) is 0 Å². The van der Waals surface area contributed by atoms with Crippen LogP contribution in [0.5, 0.6) is 0 Å². The van der Waals surface area contributed by atoms with Crippen molar-refractivity contribution in [1.82, 2.24) is 28.5 Å². The fourth-order valence-electron chi connectivity index (χ4n) is 3.32. The second-order valence-corrected chi connectivity index (χ2v) is 7.27. The summed E-state index contributed by atoms with van der Waals surface area (Å²) < 4.78 is 5.52. The molecule has 0 radical (unpaired) electrons. The molecule has 0 amide bonds. The molecule has 5 aromatic rings. The Bertz CT molecular complexity index is 1360. The minimum absolute atomic E-state index is 0.0905. The first-order chi connectivity index (χ1) is 13.8. The molecule has 4 heterocycles. The van der Waals surface area contributed by atoms with E-state index in [1.807, 2.05) is 63.7 Å². The summed E-state index contributed by atoms with van der Waals surface area (Å²) in [4.78, 5) is 17.5. The SMILES string of the molecule is C=CCn1c(=O)c2ccccc2n2c(SCc3cn4ccccc4n3)nnc12. The molecule has 8 heteroatoms. The first-order valence-electron chi connectivity index (χ1n) is 8.79. The number of hydrogen-bond donors (Lipinski definition) is 0. The summed E-state index contributed by atoms with van der Waals surface area (Å²) >= 11 is 1.54. The number of rotatable bonds is 5. The predicted molar refractivity (Wildman–Crippen MR) is 110 cm³/mol. The van der Waals surface area contributed by atoms with E-state index in [-0.39, 0.29) is 5.56 Å². The highest BCUT2D eigenvalue weighted by molar-refractivity contribution is 7.98. The fourth-order valence-corrected chi connectivity index (χ4v) is 4.14. The standard InChI is InChI=1S/C20H16N6OS/c1-2-10-25-18(27)15-7-3-4-8-16(15)26-19(25)22-23-20(26)28-13-14-12-24-11-6-5-9-17(24)21-14/h2-9,11-12H,1,10,13H2. The van der Waals surface area contributed by atoms with Gasteiger partial charge >= 0.3 is 0 Å². The van der Waals surface area contributed by atoms with Crippen molar-refractivity contribution in [1.29, 1.82) is 0 Å². The van der Waals surface area contributed by atoms with Crippen LogP contribution in [0.3, 0.4) is 0 Å². The van der Waals surface area contributed by atoms with E-state index in [0.29, 0.717) is 23.5 Å². The average Bonchev–Trinajstić information content (AvgIpc) is 3.33. The van der Waals surface area contributed by atoms with Gasteiger partial charge < -0.3 is 4.40 Å². The highest BCUT2D eigenvalue weighted by atomic mass is 32.2. The summed E-state index contributed by atoms with van der Waals surface area (Å²) in [5.74, 6) is 1.17. The Hall–Kier alpha value is -3.39. The highest BCUT2D eigenvalue weighted by Gasteiger charge is 2.16. The molecule has 0 atom stereocenters. The van der Waals surface area contributed by atoms with E-state index < -0.39 is 0 Å². The molecule has 0 saturated carbocycles. The Balaban J connectivity index is 1.61. The van der Waals surface area contributed by atoms with Crippen molar-refractivity contribution in [3.63, 3.8) is 0 Å². The van der Waals surface area contributed by atoms with E-state index in [1.165, 1.54) is 0 Å². The molecule has 7 nitrogen and oxygen atoms in total. The topological polar surface area (TPSA) is 69.5 Å². The Labute approximate surface area is 164 Å². The van der Waals surface area contributed by atoms with Crippen LogP contribution >= 0.6 is 11.8 Å². The quantitative estimate of drug-likeness (QED) is 0.342. The molecular weight excluding hydrogens is 372 g/mol. The summed E-state index contributed by atoms with van der Waals surface area (Å²) in [5, 5.41) is 9.98. The number of fused-ring (bicyclic) bond motifs is 4. The Morgan fingerprint density at radius 3 is 2.82 bits per heavy atom. The van der Waals surface area contributed by atoms with Crippen LogP contribution in [-0.4, -0.2) is 28.5 Å². The van der Waals surface area contributed by atoms with Gasteiger partial charge in [0.15, 0.2) is 5.16 Å². The zero-order chi connectivity index (χ0) is 19.1. The normalized spacial score (nSPS) is 11.6. The average molecular weight is 388 g/mol. The maximum atomic E-state index is 12.8. The van der Waals surface area contributed by atoms with Crippen LogP contribution < -0.4 is 5.56 Å². The smallest absolute Gasteiger partial charge is 0.263 e. The molecule has 0 N–H and O–H groups in total. The summed E-state index contributed by atoms with van der Waals surface area (Å²) in [6, 6.07) is 13.4. The van der Waals surface area contributed by atoms with Gasteiger partial charge in [0.25, 0.3) is 5.56 Å². The van der Waals surface area contributed by atoms with Crippen LogP contribution in [0.25, 0.3) is 22.3 Å². The fraction of sp³-hybridized carbons (Fsp3) is 0.100. The predicted octanol–water partition coefficient (Wildman–Crippen LogP) is 3.17. The molecule has 0 fully saturated rings. The van der Waals surface area contributed by atoms with Gasteiger partial charge in [0.2, 0.25) is 5.78 Å². The van der Waals surface area contributed by atoms with Crippen LogP contribution in [0, 0.1) is 0 Å². The van der Waals surface area contributed by atoms with Gasteiger partial charge in [0, 0.05) is 24.7 Å². The lowest BCUT2D eigenvalue weighted by atomic mass is 10.2. The third-order valence-electron chi connectivity index (χ3n) is 4.55. The van der Waals surface area contributed by atoms with Gasteiger partial charge in [-0.15, -0.1) is 16.8 Å². The molecule has 0 aliphatic rings. The van der Waals surface area contributed by atoms with Crippen LogP contribution in [0.1, 0.15) is 5.69 Å². The number of imidazole rings is 1. The van der Waals surface area contributed by atoms with E-state index in [2.05, 4.69) is 21.8 Å². The Morgan fingerprint density at radius 1 is 1.11 bits per heavy atom. The number of nitrogens with zero attached hydrogens (tertiary/aromatic N) is 6. The summed E-state index contributed by atoms with van der Waals surface area (Å²) in [6.45, 7) is 4.13. The maximum absolute atomic E-state index is 12.8. The number of thioether (sulfide) groups is 1. The van der Waals surface area contributed by atoms with Gasteiger partial charge in [0.1, 0.15) is 5.65 Å². The molecule has 0 unspecified atom stereocenters. The van der Waals surface area contributed by atoms with E-state index in [4.69, 9.17) is 0 Å². The van der Waals surface area contributed by atoms with E-state index in [1.54, 1.807) is 22.4 Å². The first-order valence-corrected chi connectivity index (χ1v) is 9.78. The molecule has 0 bridgehead atoms. The van der Waals surface area contributed by atoms with Crippen molar-refractivity contribution >= 4 is 34.1 Å². The zero-order valence-corrected chi connectivity index (χ0v) is 15.7. The van der Waals surface area contributed by atoms with Gasteiger partial charge in [-0.1, -0.05) is 36.0 Å². The molecule has 138 valence electrons. The number of allylic oxidation sites excluding steroid dienone is 1. The molecule has 28 heavy (non-hydrogen) atoms. The Morgan fingerprint density at radius 2 is 1.96 bits per heavy atom. The summed E-state index contributed by atoms with van der Waals surface area (Å²) in [7, 11) is 0. The lowest BCUT2D eigenvalue weighted by molar-refractivity contribution is 0.783. The second kappa shape index (κ2) is 6.65. The lowest BCUT2D eigenvalue weighted by Crippen LogP contribution is -2.22. The number of pyridine rings is 1. The largest absolute Gasteiger partial charge is 0.307 e. The zero-order valence-electron chi connectivity index (χ0n) is 14.9. The van der Waals surface area contributed by atoms with Crippen LogP contribution in [0.2, 0.25) is 0 Å². The maximum Gasteiger partial charge on any atom is 0.263 e. The molecule has 0 aliphatic heterocycles. The molecular formula is C20H16N6OS. The van der Waals surface area contributed by atoms with Gasteiger partial charge in [0.05, 0.1) is 16.6 Å². The van der Waals surface area contributed by atoms with Crippen LogP contribution in [0.4, 0.5) is 0 Å². The third-order valence-corrected chi connectivity index (χ3v) is 5.52. The number of hydrogen-bond acceptors (Lipinski definition) is 5. The van der Waals surface area contributed by atoms with Crippen molar-refractivity contribution in [2.24, 2.45) is 0 Å². The van der Waals surface area contributed by atoms with E-state index in [0.717, 1.165) is 22.0 Å². The van der Waals surface area contributed by atoms with Gasteiger partial charge in [-0.2, -0.15) is 0 Å². The Kier molecular flexibility index (Phi) is 3.98. The molecule has 4 aromatic heterocycles. The van der Waals surface area contributed by atoms with Crippen LogP contribution in [-0.2, 0) is 12.3 Å². The van der Waals surface area contributed by atoms with Gasteiger partial charge in [-0.05, 0) is 24.3 Å². The third kappa shape index (κ3) is 2.61.